The van der Waals surface area contributed by atoms with Gasteiger partial charge in [-0.1, -0.05) is 46.0 Å². The maximum absolute atomic E-state index is 11.1. The number of aryl methyl sites for hydroxylation is 1. The predicted molar refractivity (Wildman–Crippen MR) is 79.4 cm³/mol. The Hall–Kier alpha value is -1.58. The van der Waals surface area contributed by atoms with Crippen LogP contribution < -0.4 is 4.74 Å². The molecule has 1 N–H and O–H groups in total. The molecule has 0 aliphatic heterocycles. The summed E-state index contributed by atoms with van der Waals surface area (Å²) < 4.78 is 5.59. The van der Waals surface area contributed by atoms with Gasteiger partial charge in [-0.15, -0.1) is 0 Å². The van der Waals surface area contributed by atoms with Gasteiger partial charge in [-0.05, 0) is 18.9 Å². The largest absolute Gasteiger partial charge is 0.478 e. The molecule has 1 aromatic heterocycles. The van der Waals surface area contributed by atoms with E-state index in [-0.39, 0.29) is 5.56 Å². The molecular formula is C16H25NO3. The highest BCUT2D eigenvalue weighted by atomic mass is 16.5. The van der Waals surface area contributed by atoms with E-state index in [1.807, 2.05) is 6.92 Å². The molecule has 1 heterocycles. The number of carboxylic acid groups (broad SMARTS) is 1. The molecule has 0 atom stereocenters. The van der Waals surface area contributed by atoms with E-state index in [4.69, 9.17) is 9.84 Å². The molecule has 0 aliphatic rings. The summed E-state index contributed by atoms with van der Waals surface area (Å²) >= 11 is 0. The van der Waals surface area contributed by atoms with Gasteiger partial charge in [0.05, 0.1) is 12.2 Å². The van der Waals surface area contributed by atoms with Gasteiger partial charge >= 0.3 is 5.97 Å². The highest BCUT2D eigenvalue weighted by molar-refractivity contribution is 5.88. The first-order valence-electron chi connectivity index (χ1n) is 7.54. The van der Waals surface area contributed by atoms with E-state index in [0.717, 1.165) is 31.4 Å². The molecule has 0 radical (unpaired) electrons. The zero-order valence-electron chi connectivity index (χ0n) is 12.5. The number of hydrogen-bond donors (Lipinski definition) is 1. The van der Waals surface area contributed by atoms with Crippen LogP contribution in [0.15, 0.2) is 12.1 Å². The van der Waals surface area contributed by atoms with E-state index in [9.17, 15) is 4.79 Å². The zero-order chi connectivity index (χ0) is 14.8. The Morgan fingerprint density at radius 3 is 2.55 bits per heavy atom. The average molecular weight is 279 g/mol. The lowest BCUT2D eigenvalue weighted by Gasteiger charge is -2.08. The SMILES string of the molecule is CCCCCCCOc1cc(C(=O)O)cc(CCC)n1. The molecule has 4 nitrogen and oxygen atoms in total. The molecule has 0 amide bonds. The number of carbonyl (C=O) groups is 1. The standard InChI is InChI=1S/C16H25NO3/c1-3-5-6-7-8-10-20-15-12-13(16(18)19)11-14(17-15)9-4-2/h11-12H,3-10H2,1-2H3,(H,18,19). The second kappa shape index (κ2) is 9.34. The van der Waals surface area contributed by atoms with Crippen LogP contribution in [0.2, 0.25) is 0 Å². The highest BCUT2D eigenvalue weighted by Gasteiger charge is 2.09. The molecule has 0 aliphatic carbocycles. The normalized spacial score (nSPS) is 10.5. The molecule has 0 bridgehead atoms. The average Bonchev–Trinajstić information content (AvgIpc) is 2.43. The van der Waals surface area contributed by atoms with Crippen LogP contribution in [0.1, 0.15) is 68.4 Å². The van der Waals surface area contributed by atoms with E-state index in [1.54, 1.807) is 6.07 Å². The van der Waals surface area contributed by atoms with Crippen LogP contribution in [0.4, 0.5) is 0 Å². The third kappa shape index (κ3) is 6.04. The molecule has 0 unspecified atom stereocenters. The Labute approximate surface area is 121 Å². The van der Waals surface area contributed by atoms with Crippen molar-refractivity contribution in [1.82, 2.24) is 4.98 Å². The zero-order valence-corrected chi connectivity index (χ0v) is 12.5. The lowest BCUT2D eigenvalue weighted by Crippen LogP contribution is -2.05. The molecule has 0 spiro atoms. The monoisotopic (exact) mass is 279 g/mol. The van der Waals surface area contributed by atoms with Gasteiger partial charge in [-0.2, -0.15) is 0 Å². The Morgan fingerprint density at radius 2 is 1.90 bits per heavy atom. The van der Waals surface area contributed by atoms with E-state index in [1.165, 1.54) is 25.3 Å². The second-order valence-corrected chi connectivity index (χ2v) is 5.00. The number of unbranched alkanes of at least 4 members (excludes halogenated alkanes) is 4. The third-order valence-electron chi connectivity index (χ3n) is 3.11. The number of rotatable bonds is 10. The van der Waals surface area contributed by atoms with Crippen molar-refractivity contribution in [1.29, 1.82) is 0 Å². The number of carboxylic acids is 1. The fourth-order valence-electron chi connectivity index (χ4n) is 2.02. The lowest BCUT2D eigenvalue weighted by atomic mass is 10.1. The van der Waals surface area contributed by atoms with Crippen molar-refractivity contribution in [3.05, 3.63) is 23.4 Å². The van der Waals surface area contributed by atoms with Gasteiger partial charge in [0.15, 0.2) is 0 Å². The van der Waals surface area contributed by atoms with Crippen molar-refractivity contribution in [3.8, 4) is 5.88 Å². The number of nitrogens with zero attached hydrogens (tertiary/aromatic N) is 1. The molecule has 4 heteroatoms. The summed E-state index contributed by atoms with van der Waals surface area (Å²) in [5.41, 5.74) is 1.04. The minimum Gasteiger partial charge on any atom is -0.478 e. The van der Waals surface area contributed by atoms with E-state index in [0.29, 0.717) is 12.5 Å². The fraction of sp³-hybridized carbons (Fsp3) is 0.625. The number of aromatic nitrogens is 1. The van der Waals surface area contributed by atoms with Gasteiger partial charge in [0.2, 0.25) is 5.88 Å². The first-order valence-corrected chi connectivity index (χ1v) is 7.54. The van der Waals surface area contributed by atoms with Crippen molar-refractivity contribution in [2.75, 3.05) is 6.61 Å². The van der Waals surface area contributed by atoms with Crippen LogP contribution >= 0.6 is 0 Å². The molecule has 1 aromatic rings. The van der Waals surface area contributed by atoms with Crippen molar-refractivity contribution in [2.45, 2.75) is 58.8 Å². The maximum Gasteiger partial charge on any atom is 0.335 e. The number of ether oxygens (including phenoxy) is 1. The van der Waals surface area contributed by atoms with Crippen LogP contribution in [0.3, 0.4) is 0 Å². The van der Waals surface area contributed by atoms with Crippen molar-refractivity contribution in [2.24, 2.45) is 0 Å². The Balaban J connectivity index is 2.53. The maximum atomic E-state index is 11.1. The first-order chi connectivity index (χ1) is 9.67. The summed E-state index contributed by atoms with van der Waals surface area (Å²) in [6.07, 6.45) is 7.55. The molecule has 0 fully saturated rings. The Morgan fingerprint density at radius 1 is 1.15 bits per heavy atom. The quantitative estimate of drug-likeness (QED) is 0.655. The summed E-state index contributed by atoms with van der Waals surface area (Å²) in [5.74, 6) is -0.499. The number of aromatic carboxylic acids is 1. The van der Waals surface area contributed by atoms with Gasteiger partial charge in [-0.25, -0.2) is 9.78 Å². The molecule has 0 aromatic carbocycles. The van der Waals surface area contributed by atoms with Gasteiger partial charge in [0.25, 0.3) is 0 Å². The van der Waals surface area contributed by atoms with Crippen molar-refractivity contribution >= 4 is 5.97 Å². The van der Waals surface area contributed by atoms with Crippen LogP contribution in [0, 0.1) is 0 Å². The van der Waals surface area contributed by atoms with Crippen LogP contribution in [-0.4, -0.2) is 22.7 Å². The first kappa shape index (κ1) is 16.5. The number of hydrogen-bond acceptors (Lipinski definition) is 3. The lowest BCUT2D eigenvalue weighted by molar-refractivity contribution is 0.0696. The van der Waals surface area contributed by atoms with Crippen LogP contribution in [0.25, 0.3) is 0 Å². The summed E-state index contributed by atoms with van der Waals surface area (Å²) in [6, 6.07) is 3.13. The molecule has 0 saturated heterocycles. The molecule has 1 rings (SSSR count). The Kier molecular flexibility index (Phi) is 7.70. The number of pyridine rings is 1. The topological polar surface area (TPSA) is 59.4 Å². The fourth-order valence-corrected chi connectivity index (χ4v) is 2.02. The third-order valence-corrected chi connectivity index (χ3v) is 3.11. The smallest absolute Gasteiger partial charge is 0.335 e. The molecule has 20 heavy (non-hydrogen) atoms. The summed E-state index contributed by atoms with van der Waals surface area (Å²) in [7, 11) is 0. The summed E-state index contributed by atoms with van der Waals surface area (Å²) in [4.78, 5) is 15.4. The Bertz CT molecular complexity index is 418. The predicted octanol–water partition coefficient (Wildman–Crippen LogP) is 4.08. The van der Waals surface area contributed by atoms with Gasteiger partial charge < -0.3 is 9.84 Å². The van der Waals surface area contributed by atoms with E-state index >= 15 is 0 Å². The van der Waals surface area contributed by atoms with Crippen LogP contribution in [-0.2, 0) is 6.42 Å². The second-order valence-electron chi connectivity index (χ2n) is 5.00. The van der Waals surface area contributed by atoms with Gasteiger partial charge in [-0.3, -0.25) is 0 Å². The minimum atomic E-state index is -0.933. The van der Waals surface area contributed by atoms with Gasteiger partial charge in [0, 0.05) is 11.8 Å². The van der Waals surface area contributed by atoms with E-state index in [2.05, 4.69) is 11.9 Å². The molecular weight excluding hydrogens is 254 g/mol. The summed E-state index contributed by atoms with van der Waals surface area (Å²) in [5, 5.41) is 9.09. The molecule has 112 valence electrons. The minimum absolute atomic E-state index is 0.254. The highest BCUT2D eigenvalue weighted by Crippen LogP contribution is 2.15. The summed E-state index contributed by atoms with van der Waals surface area (Å²) in [6.45, 7) is 4.84. The van der Waals surface area contributed by atoms with Crippen LogP contribution in [0.5, 0.6) is 5.88 Å². The van der Waals surface area contributed by atoms with Crippen molar-refractivity contribution in [3.63, 3.8) is 0 Å². The van der Waals surface area contributed by atoms with Gasteiger partial charge in [0.1, 0.15) is 0 Å². The van der Waals surface area contributed by atoms with Crippen molar-refractivity contribution < 1.29 is 14.6 Å². The van der Waals surface area contributed by atoms with E-state index < -0.39 is 5.97 Å². The molecule has 0 saturated carbocycles.